The van der Waals surface area contributed by atoms with Crippen molar-refractivity contribution >= 4 is 21.9 Å². The molecular formula is C20H19N3O. The molecule has 0 spiro atoms. The third kappa shape index (κ3) is 2.65. The molecule has 0 radical (unpaired) electrons. The predicted molar refractivity (Wildman–Crippen MR) is 96.1 cm³/mol. The molecular weight excluding hydrogens is 298 g/mol. The first kappa shape index (κ1) is 14.8. The van der Waals surface area contributed by atoms with Crippen LogP contribution in [0.2, 0.25) is 0 Å². The van der Waals surface area contributed by atoms with Gasteiger partial charge < -0.3 is 9.30 Å². The van der Waals surface area contributed by atoms with Gasteiger partial charge in [-0.2, -0.15) is 0 Å². The van der Waals surface area contributed by atoms with Gasteiger partial charge in [0.2, 0.25) is 0 Å². The summed E-state index contributed by atoms with van der Waals surface area (Å²) in [7, 11) is 1.75. The Balaban J connectivity index is 1.84. The number of rotatable bonds is 5. The van der Waals surface area contributed by atoms with Gasteiger partial charge in [-0.1, -0.05) is 48.5 Å². The Morgan fingerprint density at radius 1 is 0.958 bits per heavy atom. The fourth-order valence-electron chi connectivity index (χ4n) is 3.26. The van der Waals surface area contributed by atoms with E-state index in [0.717, 1.165) is 28.4 Å². The largest absolute Gasteiger partial charge is 0.383 e. The summed E-state index contributed by atoms with van der Waals surface area (Å²) < 4.78 is 7.73. The molecule has 24 heavy (non-hydrogen) atoms. The molecule has 1 atom stereocenters. The molecule has 0 saturated carbocycles. The topological polar surface area (TPSA) is 39.9 Å². The zero-order chi connectivity index (χ0) is 16.4. The van der Waals surface area contributed by atoms with Crippen LogP contribution in [0.5, 0.6) is 0 Å². The summed E-state index contributed by atoms with van der Waals surface area (Å²) in [4.78, 5) is 9.06. The van der Waals surface area contributed by atoms with Gasteiger partial charge >= 0.3 is 0 Å². The minimum Gasteiger partial charge on any atom is -0.383 e. The highest BCUT2D eigenvalue weighted by Gasteiger charge is 2.17. The first-order chi connectivity index (χ1) is 11.9. The Bertz CT molecular complexity index is 962. The molecule has 0 aliphatic carbocycles. The van der Waals surface area contributed by atoms with E-state index >= 15 is 0 Å². The van der Waals surface area contributed by atoms with Crippen molar-refractivity contribution in [2.24, 2.45) is 0 Å². The monoisotopic (exact) mass is 317 g/mol. The van der Waals surface area contributed by atoms with E-state index < -0.39 is 0 Å². The molecule has 0 N–H and O–H groups in total. The van der Waals surface area contributed by atoms with E-state index in [1.54, 1.807) is 7.11 Å². The Kier molecular flexibility index (Phi) is 3.97. The van der Waals surface area contributed by atoms with E-state index in [0.29, 0.717) is 6.61 Å². The van der Waals surface area contributed by atoms with Gasteiger partial charge in [0, 0.05) is 12.5 Å². The Morgan fingerprint density at radius 2 is 1.75 bits per heavy atom. The first-order valence-electron chi connectivity index (χ1n) is 8.10. The number of aromatic nitrogens is 3. The fraction of sp³-hybridized carbons (Fsp3) is 0.200. The number of fused-ring (bicyclic) bond motifs is 3. The predicted octanol–water partition coefficient (Wildman–Crippen LogP) is 4.01. The van der Waals surface area contributed by atoms with Gasteiger partial charge in [-0.3, -0.25) is 4.98 Å². The van der Waals surface area contributed by atoms with Gasteiger partial charge in [-0.15, -0.1) is 0 Å². The number of imidazole rings is 1. The molecule has 4 nitrogen and oxygen atoms in total. The summed E-state index contributed by atoms with van der Waals surface area (Å²) >= 11 is 0. The van der Waals surface area contributed by atoms with E-state index in [1.165, 1.54) is 5.56 Å². The van der Waals surface area contributed by atoms with Gasteiger partial charge in [0.25, 0.3) is 0 Å². The number of hydrogen-bond donors (Lipinski definition) is 0. The van der Waals surface area contributed by atoms with Crippen LogP contribution >= 0.6 is 0 Å². The van der Waals surface area contributed by atoms with Crippen molar-refractivity contribution in [1.29, 1.82) is 0 Å². The van der Waals surface area contributed by atoms with E-state index in [1.807, 2.05) is 36.8 Å². The molecule has 2 aromatic heterocycles. The maximum absolute atomic E-state index is 5.50. The zero-order valence-corrected chi connectivity index (χ0v) is 13.6. The lowest BCUT2D eigenvalue weighted by Crippen LogP contribution is -2.16. The van der Waals surface area contributed by atoms with Gasteiger partial charge in [-0.25, -0.2) is 4.98 Å². The first-order valence-corrected chi connectivity index (χ1v) is 8.10. The van der Waals surface area contributed by atoms with E-state index in [9.17, 15) is 0 Å². The molecule has 2 aromatic carbocycles. The number of ether oxygens (including phenoxy) is 1. The van der Waals surface area contributed by atoms with Gasteiger partial charge in [0.05, 0.1) is 36.2 Å². The zero-order valence-electron chi connectivity index (χ0n) is 13.6. The molecule has 2 heterocycles. The number of para-hydroxylation sites is 1. The van der Waals surface area contributed by atoms with Gasteiger partial charge in [0.15, 0.2) is 0 Å². The molecule has 120 valence electrons. The third-order valence-electron chi connectivity index (χ3n) is 4.37. The second-order valence-corrected chi connectivity index (χ2v) is 5.96. The summed E-state index contributed by atoms with van der Waals surface area (Å²) in [6, 6.07) is 18.9. The van der Waals surface area contributed by atoms with Crippen LogP contribution in [0.25, 0.3) is 21.9 Å². The minimum atomic E-state index is 0.188. The average Bonchev–Trinajstić information content (AvgIpc) is 3.07. The number of methoxy groups -OCH3 is 1. The number of benzene rings is 2. The van der Waals surface area contributed by atoms with Crippen molar-refractivity contribution in [2.75, 3.05) is 13.7 Å². The standard InChI is InChI=1S/C20H19N3O/c1-24-13-16(11-15-7-3-2-4-8-15)23-14-22-19-12-21-18-10-6-5-9-17(18)20(19)23/h2-10,12,14,16H,11,13H2,1H3/t16-/m0/s1. The molecule has 0 bridgehead atoms. The summed E-state index contributed by atoms with van der Waals surface area (Å²) in [5.41, 5.74) is 4.32. The smallest absolute Gasteiger partial charge is 0.107 e. The van der Waals surface area contributed by atoms with Crippen molar-refractivity contribution in [1.82, 2.24) is 14.5 Å². The quantitative estimate of drug-likeness (QED) is 0.558. The van der Waals surface area contributed by atoms with Crippen molar-refractivity contribution in [3.05, 3.63) is 72.7 Å². The normalized spacial score (nSPS) is 12.7. The van der Waals surface area contributed by atoms with Crippen LogP contribution in [-0.4, -0.2) is 28.3 Å². The van der Waals surface area contributed by atoms with Crippen LogP contribution in [0, 0.1) is 0 Å². The van der Waals surface area contributed by atoms with Crippen LogP contribution in [0.15, 0.2) is 67.1 Å². The van der Waals surface area contributed by atoms with E-state index in [-0.39, 0.29) is 6.04 Å². The molecule has 0 unspecified atom stereocenters. The number of hydrogen-bond acceptors (Lipinski definition) is 3. The van der Waals surface area contributed by atoms with Crippen LogP contribution in [-0.2, 0) is 11.2 Å². The number of pyridine rings is 1. The molecule has 0 saturated heterocycles. The molecule has 0 fully saturated rings. The summed E-state index contributed by atoms with van der Waals surface area (Å²) in [5, 5.41) is 1.13. The van der Waals surface area contributed by atoms with Crippen molar-refractivity contribution in [3.63, 3.8) is 0 Å². The number of nitrogens with zero attached hydrogens (tertiary/aromatic N) is 3. The highest BCUT2D eigenvalue weighted by molar-refractivity contribution is 6.01. The molecule has 0 aliphatic rings. The third-order valence-corrected chi connectivity index (χ3v) is 4.37. The van der Waals surface area contributed by atoms with Gasteiger partial charge in [0.1, 0.15) is 5.52 Å². The summed E-state index contributed by atoms with van der Waals surface area (Å²) in [6.07, 6.45) is 4.66. The van der Waals surface area contributed by atoms with Crippen molar-refractivity contribution < 1.29 is 4.74 Å². The van der Waals surface area contributed by atoms with Crippen LogP contribution in [0.1, 0.15) is 11.6 Å². The van der Waals surface area contributed by atoms with Crippen LogP contribution < -0.4 is 0 Å². The Labute approximate surface area is 140 Å². The lowest BCUT2D eigenvalue weighted by molar-refractivity contribution is 0.156. The second-order valence-electron chi connectivity index (χ2n) is 5.96. The second kappa shape index (κ2) is 6.42. The molecule has 4 rings (SSSR count). The lowest BCUT2D eigenvalue weighted by atomic mass is 10.1. The summed E-state index contributed by atoms with van der Waals surface area (Å²) in [6.45, 7) is 0.636. The van der Waals surface area contributed by atoms with Crippen LogP contribution in [0.4, 0.5) is 0 Å². The SMILES string of the molecule is COC[C@H](Cc1ccccc1)n1cnc2cnc3ccccc3c21. The molecule has 0 aliphatic heterocycles. The fourth-order valence-corrected chi connectivity index (χ4v) is 3.26. The Morgan fingerprint density at radius 3 is 2.58 bits per heavy atom. The maximum atomic E-state index is 5.50. The minimum absolute atomic E-state index is 0.188. The average molecular weight is 317 g/mol. The Hall–Kier alpha value is -2.72. The van der Waals surface area contributed by atoms with Crippen LogP contribution in [0.3, 0.4) is 0 Å². The van der Waals surface area contributed by atoms with E-state index in [2.05, 4.69) is 44.9 Å². The molecule has 0 amide bonds. The van der Waals surface area contributed by atoms with Crippen molar-refractivity contribution in [3.8, 4) is 0 Å². The highest BCUT2D eigenvalue weighted by Crippen LogP contribution is 2.27. The highest BCUT2D eigenvalue weighted by atomic mass is 16.5. The summed E-state index contributed by atoms with van der Waals surface area (Å²) in [5.74, 6) is 0. The molecule has 4 heteroatoms. The lowest BCUT2D eigenvalue weighted by Gasteiger charge is -2.19. The van der Waals surface area contributed by atoms with E-state index in [4.69, 9.17) is 4.74 Å². The molecule has 4 aromatic rings. The van der Waals surface area contributed by atoms with Crippen molar-refractivity contribution in [2.45, 2.75) is 12.5 Å². The maximum Gasteiger partial charge on any atom is 0.107 e. The van der Waals surface area contributed by atoms with Gasteiger partial charge in [-0.05, 0) is 18.1 Å².